The number of hydrogen-bond donors (Lipinski definition) is 1. The second-order valence-electron chi connectivity index (χ2n) is 5.50. The summed E-state index contributed by atoms with van der Waals surface area (Å²) >= 11 is 1.96. The molecule has 100 valence electrons. The van der Waals surface area contributed by atoms with Gasteiger partial charge in [-0.1, -0.05) is 6.92 Å². The molecule has 18 heavy (non-hydrogen) atoms. The third-order valence-corrected chi connectivity index (χ3v) is 5.08. The van der Waals surface area contributed by atoms with Gasteiger partial charge in [-0.25, -0.2) is 4.98 Å². The Morgan fingerprint density at radius 3 is 3.22 bits per heavy atom. The summed E-state index contributed by atoms with van der Waals surface area (Å²) in [5, 5.41) is 4.93. The number of fused-ring (bicyclic) bond motifs is 1. The second kappa shape index (κ2) is 5.68. The fourth-order valence-electron chi connectivity index (χ4n) is 3.04. The van der Waals surface area contributed by atoms with Crippen LogP contribution in [0.1, 0.15) is 41.8 Å². The monoisotopic (exact) mass is 265 g/mol. The SMILES string of the molecule is CCCN1CCc2nc(CC3CCCN3)sc2C1. The quantitative estimate of drug-likeness (QED) is 0.904. The molecule has 1 saturated heterocycles. The summed E-state index contributed by atoms with van der Waals surface area (Å²) in [5.41, 5.74) is 1.39. The molecule has 0 bridgehead atoms. The van der Waals surface area contributed by atoms with Crippen molar-refractivity contribution in [2.75, 3.05) is 19.6 Å². The Labute approximate surface area is 114 Å². The van der Waals surface area contributed by atoms with Crippen molar-refractivity contribution in [2.45, 2.75) is 51.6 Å². The molecule has 2 aliphatic rings. The van der Waals surface area contributed by atoms with Crippen molar-refractivity contribution in [3.05, 3.63) is 15.6 Å². The highest BCUT2D eigenvalue weighted by Crippen LogP contribution is 2.26. The van der Waals surface area contributed by atoms with E-state index in [1.54, 1.807) is 0 Å². The van der Waals surface area contributed by atoms with E-state index >= 15 is 0 Å². The number of hydrogen-bond acceptors (Lipinski definition) is 4. The van der Waals surface area contributed by atoms with Crippen LogP contribution in [0.5, 0.6) is 0 Å². The number of thiazole rings is 1. The van der Waals surface area contributed by atoms with E-state index in [4.69, 9.17) is 4.98 Å². The predicted octanol–water partition coefficient (Wildman–Crippen LogP) is 2.21. The average molecular weight is 265 g/mol. The lowest BCUT2D eigenvalue weighted by Gasteiger charge is -2.25. The number of rotatable bonds is 4. The van der Waals surface area contributed by atoms with E-state index in [1.165, 1.54) is 54.5 Å². The van der Waals surface area contributed by atoms with Crippen LogP contribution in [0.15, 0.2) is 0 Å². The highest BCUT2D eigenvalue weighted by atomic mass is 32.1. The molecule has 1 atom stereocenters. The molecule has 1 fully saturated rings. The molecule has 3 rings (SSSR count). The van der Waals surface area contributed by atoms with Crippen molar-refractivity contribution < 1.29 is 0 Å². The molecular weight excluding hydrogens is 242 g/mol. The van der Waals surface area contributed by atoms with E-state index in [0.29, 0.717) is 6.04 Å². The van der Waals surface area contributed by atoms with Crippen LogP contribution in [0.2, 0.25) is 0 Å². The van der Waals surface area contributed by atoms with Gasteiger partial charge in [-0.2, -0.15) is 0 Å². The van der Waals surface area contributed by atoms with E-state index in [2.05, 4.69) is 17.1 Å². The maximum atomic E-state index is 4.86. The smallest absolute Gasteiger partial charge is 0.0947 e. The minimum absolute atomic E-state index is 0.685. The lowest BCUT2D eigenvalue weighted by molar-refractivity contribution is 0.256. The zero-order valence-corrected chi connectivity index (χ0v) is 12.1. The third kappa shape index (κ3) is 2.76. The van der Waals surface area contributed by atoms with Gasteiger partial charge in [-0.3, -0.25) is 4.90 Å². The van der Waals surface area contributed by atoms with Crippen LogP contribution >= 0.6 is 11.3 Å². The summed E-state index contributed by atoms with van der Waals surface area (Å²) in [6.07, 6.45) is 6.22. The van der Waals surface area contributed by atoms with E-state index in [1.807, 2.05) is 11.3 Å². The first-order valence-electron chi connectivity index (χ1n) is 7.28. The fraction of sp³-hybridized carbons (Fsp3) is 0.786. The molecule has 0 aliphatic carbocycles. The van der Waals surface area contributed by atoms with Crippen LogP contribution < -0.4 is 5.32 Å². The van der Waals surface area contributed by atoms with Gasteiger partial charge in [0.2, 0.25) is 0 Å². The predicted molar refractivity (Wildman–Crippen MR) is 76.1 cm³/mol. The largest absolute Gasteiger partial charge is 0.314 e. The standard InChI is InChI=1S/C14H23N3S/c1-2-7-17-8-5-12-13(10-17)18-14(16-12)9-11-4-3-6-15-11/h11,15H,2-10H2,1H3. The number of nitrogens with zero attached hydrogens (tertiary/aromatic N) is 2. The van der Waals surface area contributed by atoms with Crippen LogP contribution in [0.25, 0.3) is 0 Å². The van der Waals surface area contributed by atoms with Crippen LogP contribution in [0.4, 0.5) is 0 Å². The Bertz CT molecular complexity index is 396. The molecule has 1 aromatic rings. The Morgan fingerprint density at radius 2 is 2.44 bits per heavy atom. The highest BCUT2D eigenvalue weighted by Gasteiger charge is 2.22. The molecule has 2 aliphatic heterocycles. The van der Waals surface area contributed by atoms with Crippen molar-refractivity contribution in [1.29, 1.82) is 0 Å². The minimum Gasteiger partial charge on any atom is -0.314 e. The molecule has 1 aromatic heterocycles. The number of nitrogens with one attached hydrogen (secondary N) is 1. The Balaban J connectivity index is 1.64. The number of aromatic nitrogens is 1. The normalized spacial score (nSPS) is 24.4. The van der Waals surface area contributed by atoms with Gasteiger partial charge in [0.25, 0.3) is 0 Å². The second-order valence-corrected chi connectivity index (χ2v) is 6.67. The molecule has 1 N–H and O–H groups in total. The lowest BCUT2D eigenvalue weighted by Crippen LogP contribution is -2.30. The van der Waals surface area contributed by atoms with Gasteiger partial charge < -0.3 is 5.32 Å². The fourth-order valence-corrected chi connectivity index (χ4v) is 4.28. The van der Waals surface area contributed by atoms with Crippen molar-refractivity contribution >= 4 is 11.3 Å². The molecule has 0 amide bonds. The van der Waals surface area contributed by atoms with Crippen LogP contribution in [-0.2, 0) is 19.4 Å². The molecule has 4 heteroatoms. The van der Waals surface area contributed by atoms with Gasteiger partial charge in [-0.15, -0.1) is 11.3 Å². The summed E-state index contributed by atoms with van der Waals surface area (Å²) in [6.45, 7) is 7.03. The maximum absolute atomic E-state index is 4.86. The first-order valence-corrected chi connectivity index (χ1v) is 8.10. The zero-order valence-electron chi connectivity index (χ0n) is 11.2. The molecule has 0 spiro atoms. The van der Waals surface area contributed by atoms with E-state index in [0.717, 1.165) is 19.4 Å². The summed E-state index contributed by atoms with van der Waals surface area (Å²) in [5.74, 6) is 0. The molecule has 0 aromatic carbocycles. The third-order valence-electron chi connectivity index (χ3n) is 3.98. The molecule has 0 radical (unpaired) electrons. The zero-order chi connectivity index (χ0) is 12.4. The van der Waals surface area contributed by atoms with Gasteiger partial charge >= 0.3 is 0 Å². The first-order chi connectivity index (χ1) is 8.85. The van der Waals surface area contributed by atoms with Gasteiger partial charge in [0, 0.05) is 36.9 Å². The summed E-state index contributed by atoms with van der Waals surface area (Å²) in [7, 11) is 0. The highest BCUT2D eigenvalue weighted by molar-refractivity contribution is 7.11. The molecule has 1 unspecified atom stereocenters. The van der Waals surface area contributed by atoms with Crippen LogP contribution in [0.3, 0.4) is 0 Å². The molecular formula is C14H23N3S. The van der Waals surface area contributed by atoms with E-state index in [-0.39, 0.29) is 0 Å². The summed E-state index contributed by atoms with van der Waals surface area (Å²) in [6, 6.07) is 0.685. The molecule has 3 nitrogen and oxygen atoms in total. The summed E-state index contributed by atoms with van der Waals surface area (Å²) in [4.78, 5) is 8.96. The lowest BCUT2D eigenvalue weighted by atomic mass is 10.1. The minimum atomic E-state index is 0.685. The van der Waals surface area contributed by atoms with Crippen LogP contribution in [-0.4, -0.2) is 35.6 Å². The van der Waals surface area contributed by atoms with Crippen molar-refractivity contribution in [2.24, 2.45) is 0 Å². The van der Waals surface area contributed by atoms with Crippen LogP contribution in [0, 0.1) is 0 Å². The van der Waals surface area contributed by atoms with Gasteiger partial charge in [0.15, 0.2) is 0 Å². The van der Waals surface area contributed by atoms with Crippen molar-refractivity contribution in [3.63, 3.8) is 0 Å². The maximum Gasteiger partial charge on any atom is 0.0947 e. The molecule has 0 saturated carbocycles. The van der Waals surface area contributed by atoms with Crippen molar-refractivity contribution in [1.82, 2.24) is 15.2 Å². The van der Waals surface area contributed by atoms with Gasteiger partial charge in [0.1, 0.15) is 0 Å². The topological polar surface area (TPSA) is 28.2 Å². The van der Waals surface area contributed by atoms with E-state index in [9.17, 15) is 0 Å². The van der Waals surface area contributed by atoms with E-state index < -0.39 is 0 Å². The van der Waals surface area contributed by atoms with Crippen molar-refractivity contribution in [3.8, 4) is 0 Å². The van der Waals surface area contributed by atoms with Gasteiger partial charge in [0.05, 0.1) is 10.7 Å². The van der Waals surface area contributed by atoms with Gasteiger partial charge in [-0.05, 0) is 32.4 Å². The summed E-state index contributed by atoms with van der Waals surface area (Å²) < 4.78 is 0. The molecule has 3 heterocycles. The Morgan fingerprint density at radius 1 is 1.50 bits per heavy atom. The average Bonchev–Trinajstić information content (AvgIpc) is 2.98. The Kier molecular flexibility index (Phi) is 3.97. The first kappa shape index (κ1) is 12.6. The Hall–Kier alpha value is -0.450.